The van der Waals surface area contributed by atoms with Gasteiger partial charge in [-0.3, -0.25) is 14.7 Å². The Kier molecular flexibility index (Phi) is 4.51. The molecule has 1 aromatic heterocycles. The number of aromatic amines is 1. The number of nitrogens with two attached hydrogens (primary N) is 1. The number of piperidine rings is 1. The Morgan fingerprint density at radius 3 is 2.84 bits per heavy atom. The minimum Gasteiger partial charge on any atom is -0.340 e. The molecule has 2 unspecified atom stereocenters. The van der Waals surface area contributed by atoms with Gasteiger partial charge in [0.1, 0.15) is 6.04 Å². The molecule has 2 atom stereocenters. The molecule has 0 saturated carbocycles. The van der Waals surface area contributed by atoms with Gasteiger partial charge in [0.2, 0.25) is 5.91 Å². The SMILES string of the molecule is CC(NC(=O)c1n[nH]c2ccccc12)C(=O)N1CCC(N)C(C)(C)C1. The lowest BCUT2D eigenvalue weighted by Gasteiger charge is -2.43. The van der Waals surface area contributed by atoms with Gasteiger partial charge in [0.15, 0.2) is 5.69 Å². The maximum Gasteiger partial charge on any atom is 0.273 e. The lowest BCUT2D eigenvalue weighted by atomic mass is 9.79. The van der Waals surface area contributed by atoms with Gasteiger partial charge in [-0.05, 0) is 24.8 Å². The number of aromatic nitrogens is 2. The molecule has 2 aromatic rings. The van der Waals surface area contributed by atoms with Crippen molar-refractivity contribution in [3.8, 4) is 0 Å². The number of amides is 2. The zero-order valence-corrected chi connectivity index (χ0v) is 14.9. The third-order valence-corrected chi connectivity index (χ3v) is 5.03. The Morgan fingerprint density at radius 1 is 1.40 bits per heavy atom. The summed E-state index contributed by atoms with van der Waals surface area (Å²) in [5, 5.41) is 10.4. The fourth-order valence-corrected chi connectivity index (χ4v) is 3.30. The number of nitrogens with one attached hydrogen (secondary N) is 2. The zero-order valence-electron chi connectivity index (χ0n) is 14.9. The van der Waals surface area contributed by atoms with Crippen molar-refractivity contribution in [2.24, 2.45) is 11.1 Å². The molecular weight excluding hydrogens is 318 g/mol. The van der Waals surface area contributed by atoms with Crippen molar-refractivity contribution in [3.63, 3.8) is 0 Å². The number of carbonyl (C=O) groups excluding carboxylic acids is 2. The molecule has 1 aliphatic heterocycles. The molecule has 7 heteroatoms. The molecule has 134 valence electrons. The van der Waals surface area contributed by atoms with E-state index in [0.717, 1.165) is 17.3 Å². The van der Waals surface area contributed by atoms with Gasteiger partial charge in [-0.15, -0.1) is 0 Å². The Labute approximate surface area is 146 Å². The number of H-pyrrole nitrogens is 1. The van der Waals surface area contributed by atoms with E-state index in [9.17, 15) is 9.59 Å². The van der Waals surface area contributed by atoms with Crippen molar-refractivity contribution in [1.82, 2.24) is 20.4 Å². The third kappa shape index (κ3) is 3.37. The van der Waals surface area contributed by atoms with Crippen molar-refractivity contribution >= 4 is 22.7 Å². The summed E-state index contributed by atoms with van der Waals surface area (Å²) < 4.78 is 0. The summed E-state index contributed by atoms with van der Waals surface area (Å²) in [6.07, 6.45) is 0.767. The van der Waals surface area contributed by atoms with Crippen LogP contribution in [0.1, 0.15) is 37.7 Å². The van der Waals surface area contributed by atoms with Crippen LogP contribution >= 0.6 is 0 Å². The van der Waals surface area contributed by atoms with Crippen molar-refractivity contribution < 1.29 is 9.59 Å². The number of para-hydroxylation sites is 1. The number of hydrogen-bond donors (Lipinski definition) is 3. The second kappa shape index (κ2) is 6.48. The molecule has 3 rings (SSSR count). The second-order valence-electron chi connectivity index (χ2n) is 7.46. The van der Waals surface area contributed by atoms with E-state index in [1.54, 1.807) is 11.8 Å². The van der Waals surface area contributed by atoms with Crippen molar-refractivity contribution in [2.75, 3.05) is 13.1 Å². The van der Waals surface area contributed by atoms with E-state index in [0.29, 0.717) is 18.8 Å². The molecule has 1 saturated heterocycles. The van der Waals surface area contributed by atoms with Gasteiger partial charge in [-0.25, -0.2) is 0 Å². The normalized spacial score (nSPS) is 21.1. The second-order valence-corrected chi connectivity index (χ2v) is 7.46. The van der Waals surface area contributed by atoms with Gasteiger partial charge < -0.3 is 16.0 Å². The standard InChI is InChI=1S/C18H25N5O2/c1-11(17(25)23-9-8-14(19)18(2,3)10-23)20-16(24)15-12-6-4-5-7-13(12)21-22-15/h4-7,11,14H,8-10,19H2,1-3H3,(H,20,24)(H,21,22). The zero-order chi connectivity index (χ0) is 18.2. The smallest absolute Gasteiger partial charge is 0.273 e. The number of carbonyl (C=O) groups is 2. The molecular formula is C18H25N5O2. The van der Waals surface area contributed by atoms with Crippen LogP contribution in [0.3, 0.4) is 0 Å². The van der Waals surface area contributed by atoms with Crippen LogP contribution in [0.4, 0.5) is 0 Å². The highest BCUT2D eigenvalue weighted by molar-refractivity contribution is 6.05. The fourth-order valence-electron chi connectivity index (χ4n) is 3.30. The van der Waals surface area contributed by atoms with Crippen LogP contribution in [0.5, 0.6) is 0 Å². The van der Waals surface area contributed by atoms with E-state index < -0.39 is 6.04 Å². The Hall–Kier alpha value is -2.41. The number of hydrogen-bond acceptors (Lipinski definition) is 4. The van der Waals surface area contributed by atoms with Gasteiger partial charge in [0.25, 0.3) is 5.91 Å². The molecule has 2 heterocycles. The predicted octanol–water partition coefficient (Wildman–Crippen LogP) is 1.27. The fraction of sp³-hybridized carbons (Fsp3) is 0.500. The Bertz CT molecular complexity index is 798. The minimum absolute atomic E-state index is 0.0804. The maximum atomic E-state index is 12.7. The summed E-state index contributed by atoms with van der Waals surface area (Å²) in [7, 11) is 0. The number of nitrogens with zero attached hydrogens (tertiary/aromatic N) is 2. The van der Waals surface area contributed by atoms with Crippen LogP contribution < -0.4 is 11.1 Å². The van der Waals surface area contributed by atoms with Gasteiger partial charge in [0, 0.05) is 24.5 Å². The topological polar surface area (TPSA) is 104 Å². The van der Waals surface area contributed by atoms with Crippen LogP contribution in [0.15, 0.2) is 24.3 Å². The lowest BCUT2D eigenvalue weighted by molar-refractivity contribution is -0.136. The van der Waals surface area contributed by atoms with Crippen LogP contribution in [-0.2, 0) is 4.79 Å². The van der Waals surface area contributed by atoms with Crippen molar-refractivity contribution in [1.29, 1.82) is 0 Å². The lowest BCUT2D eigenvalue weighted by Crippen LogP contribution is -2.57. The quantitative estimate of drug-likeness (QED) is 0.780. The summed E-state index contributed by atoms with van der Waals surface area (Å²) in [5.74, 6) is -0.445. The molecule has 4 N–H and O–H groups in total. The monoisotopic (exact) mass is 343 g/mol. The molecule has 0 aliphatic carbocycles. The molecule has 1 aliphatic rings. The van der Waals surface area contributed by atoms with Gasteiger partial charge >= 0.3 is 0 Å². The van der Waals surface area contributed by atoms with Gasteiger partial charge in [-0.1, -0.05) is 32.0 Å². The first-order chi connectivity index (χ1) is 11.8. The first kappa shape index (κ1) is 17.4. The molecule has 1 fully saturated rings. The highest BCUT2D eigenvalue weighted by Gasteiger charge is 2.36. The first-order valence-electron chi connectivity index (χ1n) is 8.58. The number of rotatable bonds is 3. The summed E-state index contributed by atoms with van der Waals surface area (Å²) in [6, 6.07) is 6.87. The van der Waals surface area contributed by atoms with E-state index in [4.69, 9.17) is 5.73 Å². The van der Waals surface area contributed by atoms with E-state index in [2.05, 4.69) is 29.4 Å². The molecule has 1 aromatic carbocycles. The molecule has 7 nitrogen and oxygen atoms in total. The summed E-state index contributed by atoms with van der Waals surface area (Å²) in [4.78, 5) is 27.0. The summed E-state index contributed by atoms with van der Waals surface area (Å²) in [6.45, 7) is 7.05. The van der Waals surface area contributed by atoms with Crippen LogP contribution in [0.2, 0.25) is 0 Å². The third-order valence-electron chi connectivity index (χ3n) is 5.03. The Balaban J connectivity index is 1.68. The highest BCUT2D eigenvalue weighted by Crippen LogP contribution is 2.28. The van der Waals surface area contributed by atoms with Crippen molar-refractivity contribution in [3.05, 3.63) is 30.0 Å². The average Bonchev–Trinajstić information content (AvgIpc) is 3.00. The molecule has 2 amide bonds. The minimum atomic E-state index is -0.618. The first-order valence-corrected chi connectivity index (χ1v) is 8.58. The largest absolute Gasteiger partial charge is 0.340 e. The number of likely N-dealkylation sites (tertiary alicyclic amines) is 1. The van der Waals surface area contributed by atoms with Crippen LogP contribution in [0.25, 0.3) is 10.9 Å². The predicted molar refractivity (Wildman–Crippen MR) is 96.0 cm³/mol. The Morgan fingerprint density at radius 2 is 2.12 bits per heavy atom. The molecule has 0 bridgehead atoms. The molecule has 0 spiro atoms. The van der Waals surface area contributed by atoms with E-state index in [1.165, 1.54) is 0 Å². The van der Waals surface area contributed by atoms with Gasteiger partial charge in [-0.2, -0.15) is 5.10 Å². The summed E-state index contributed by atoms with van der Waals surface area (Å²) in [5.41, 5.74) is 7.09. The number of benzene rings is 1. The van der Waals surface area contributed by atoms with Crippen LogP contribution in [-0.4, -0.2) is 52.1 Å². The molecule has 25 heavy (non-hydrogen) atoms. The van der Waals surface area contributed by atoms with E-state index in [1.807, 2.05) is 24.3 Å². The maximum absolute atomic E-state index is 12.7. The van der Waals surface area contributed by atoms with Gasteiger partial charge in [0.05, 0.1) is 5.52 Å². The van der Waals surface area contributed by atoms with Crippen molar-refractivity contribution in [2.45, 2.75) is 39.3 Å². The van der Waals surface area contributed by atoms with E-state index in [-0.39, 0.29) is 23.3 Å². The summed E-state index contributed by atoms with van der Waals surface area (Å²) >= 11 is 0. The number of fused-ring (bicyclic) bond motifs is 1. The highest BCUT2D eigenvalue weighted by atomic mass is 16.2. The average molecular weight is 343 g/mol. The van der Waals surface area contributed by atoms with E-state index >= 15 is 0 Å². The van der Waals surface area contributed by atoms with Crippen LogP contribution in [0, 0.1) is 5.41 Å². The molecule has 0 radical (unpaired) electrons.